The van der Waals surface area contributed by atoms with Gasteiger partial charge in [0.2, 0.25) is 29.5 Å². The molecule has 0 spiro atoms. The number of carboxylic acids is 1. The number of carbonyl (C=O) groups is 8. The average Bonchev–Trinajstić information content (AvgIpc) is 3.30. The minimum atomic E-state index is -1.08. The van der Waals surface area contributed by atoms with Crippen LogP contribution in [0.25, 0.3) is 0 Å². The predicted molar refractivity (Wildman–Crippen MR) is 278 cm³/mol. The zero-order valence-electron chi connectivity index (χ0n) is 44.3. The molecule has 0 saturated heterocycles. The lowest BCUT2D eigenvalue weighted by Gasteiger charge is -2.40. The number of carboxylic acid groups (broad SMARTS) is 1. The molecular weight excluding hydrogens is 925 g/mol. The minimum absolute atomic E-state index is 0.106. The van der Waals surface area contributed by atoms with Crippen molar-refractivity contribution in [1.82, 2.24) is 31.5 Å². The van der Waals surface area contributed by atoms with Gasteiger partial charge in [-0.3, -0.25) is 29.3 Å². The standard InChI is InChI=1S/C52H82N10O10/c1-31(2)39(28-33(5)48(68)69)62(12)47(67)43(51(6,7)8)61-46(66)42(55-11)52(9,10)35-18-16-19-37(29-35)58-50(71)72-30-34-22-24-36(25-23-34)57-44(64)38(20-17-27-56-49(54)70)59-45(65)41(32(3)4)60-40(63)21-14-13-15-26-53/h16,18-19,22-25,28-29,31-32,38-39,41-43,55H,13-15,17,20-21,26-27,30,53H2,1-12H3,(H,57,64)(H,58,71)(H,59,65)(H,60,63)(H,61,66)(H,68,69)(H3,54,56,70)/b33-28+/t38-,39+,41-,42+,43+/m0/s1. The second-order valence-electron chi connectivity index (χ2n) is 20.4. The molecule has 0 aromatic heterocycles. The second-order valence-corrected chi connectivity index (χ2v) is 20.4. The molecule has 0 unspecified atom stereocenters. The highest BCUT2D eigenvalue weighted by Gasteiger charge is 2.42. The van der Waals surface area contributed by atoms with Gasteiger partial charge in [0.25, 0.3) is 0 Å². The quantitative estimate of drug-likeness (QED) is 0.0403. The first kappa shape index (κ1) is 61.6. The van der Waals surface area contributed by atoms with Gasteiger partial charge in [0.15, 0.2) is 0 Å². The fourth-order valence-electron chi connectivity index (χ4n) is 7.94. The van der Waals surface area contributed by atoms with Crippen molar-refractivity contribution < 1.29 is 48.2 Å². The van der Waals surface area contributed by atoms with E-state index in [0.29, 0.717) is 41.9 Å². The number of hydrogen-bond acceptors (Lipinski definition) is 11. The van der Waals surface area contributed by atoms with E-state index in [1.807, 2.05) is 54.5 Å². The smallest absolute Gasteiger partial charge is 0.411 e. The Labute approximate surface area is 425 Å². The molecule has 2 rings (SSSR count). The Morgan fingerprint density at radius 2 is 1.43 bits per heavy atom. The van der Waals surface area contributed by atoms with E-state index in [1.165, 1.54) is 11.8 Å². The summed E-state index contributed by atoms with van der Waals surface area (Å²) < 4.78 is 5.52. The number of likely N-dealkylation sites (N-methyl/N-ethyl adjacent to an activating group) is 2. The van der Waals surface area contributed by atoms with Crippen LogP contribution < -0.4 is 48.7 Å². The Morgan fingerprint density at radius 3 is 1.99 bits per heavy atom. The van der Waals surface area contributed by atoms with Crippen LogP contribution in [0.5, 0.6) is 0 Å². The number of anilines is 2. The molecule has 0 saturated carbocycles. The Kier molecular flexibility index (Phi) is 24.9. The molecule has 0 fully saturated rings. The number of nitrogens with one attached hydrogen (secondary N) is 7. The van der Waals surface area contributed by atoms with Crippen molar-refractivity contribution in [2.45, 2.75) is 150 Å². The first-order valence-corrected chi connectivity index (χ1v) is 24.6. The van der Waals surface area contributed by atoms with Crippen LogP contribution in [-0.2, 0) is 45.5 Å². The summed E-state index contributed by atoms with van der Waals surface area (Å²) in [5.74, 6) is -3.62. The lowest BCUT2D eigenvalue weighted by Crippen LogP contribution is -2.61. The van der Waals surface area contributed by atoms with Gasteiger partial charge in [0.1, 0.15) is 24.7 Å². The van der Waals surface area contributed by atoms with E-state index in [0.717, 1.165) is 12.8 Å². The Hall–Kier alpha value is -6.54. The van der Waals surface area contributed by atoms with Gasteiger partial charge in [0, 0.05) is 42.4 Å². The Morgan fingerprint density at radius 1 is 0.778 bits per heavy atom. The van der Waals surface area contributed by atoms with E-state index in [2.05, 4.69) is 37.2 Å². The molecule has 72 heavy (non-hydrogen) atoms. The van der Waals surface area contributed by atoms with Crippen LogP contribution in [0.1, 0.15) is 119 Å². The van der Waals surface area contributed by atoms with E-state index >= 15 is 0 Å². The topological polar surface area (TPSA) is 306 Å². The van der Waals surface area contributed by atoms with Crippen LogP contribution in [-0.4, -0.2) is 115 Å². The predicted octanol–water partition coefficient (Wildman–Crippen LogP) is 4.88. The molecule has 0 bridgehead atoms. The number of ether oxygens (including phenoxy) is 1. The fraction of sp³-hybridized carbons (Fsp3) is 0.577. The van der Waals surface area contributed by atoms with Crippen molar-refractivity contribution in [3.05, 3.63) is 71.3 Å². The molecule has 0 aliphatic heterocycles. The molecule has 20 nitrogen and oxygen atoms in total. The third-order valence-corrected chi connectivity index (χ3v) is 12.3. The maximum absolute atomic E-state index is 14.2. The number of rotatable bonds is 28. The number of carbonyl (C=O) groups excluding carboxylic acids is 7. The number of primary amides is 1. The van der Waals surface area contributed by atoms with Gasteiger partial charge in [-0.05, 0) is 98.8 Å². The van der Waals surface area contributed by atoms with Gasteiger partial charge >= 0.3 is 18.1 Å². The molecule has 400 valence electrons. The van der Waals surface area contributed by atoms with Crippen LogP contribution in [0.15, 0.2) is 60.2 Å². The van der Waals surface area contributed by atoms with Crippen molar-refractivity contribution in [1.29, 1.82) is 0 Å². The van der Waals surface area contributed by atoms with Crippen molar-refractivity contribution in [2.24, 2.45) is 28.7 Å². The van der Waals surface area contributed by atoms with Gasteiger partial charge in [0.05, 0.1) is 12.1 Å². The first-order chi connectivity index (χ1) is 33.6. The molecule has 12 N–H and O–H groups in total. The number of nitrogens with two attached hydrogens (primary N) is 2. The first-order valence-electron chi connectivity index (χ1n) is 24.6. The third-order valence-electron chi connectivity index (χ3n) is 12.3. The summed E-state index contributed by atoms with van der Waals surface area (Å²) in [7, 11) is 3.25. The van der Waals surface area contributed by atoms with Gasteiger partial charge in [-0.1, -0.05) is 99.1 Å². The molecule has 2 aromatic rings. The lowest BCUT2D eigenvalue weighted by molar-refractivity contribution is -0.141. The maximum atomic E-state index is 14.2. The third kappa shape index (κ3) is 19.9. The molecule has 20 heteroatoms. The Balaban J connectivity index is 2.16. The van der Waals surface area contributed by atoms with Crippen LogP contribution in [0.4, 0.5) is 21.0 Å². The highest BCUT2D eigenvalue weighted by atomic mass is 16.5. The minimum Gasteiger partial charge on any atom is -0.478 e. The van der Waals surface area contributed by atoms with Crippen LogP contribution in [0, 0.1) is 17.3 Å². The molecule has 0 heterocycles. The zero-order chi connectivity index (χ0) is 54.5. The van der Waals surface area contributed by atoms with Crippen molar-refractivity contribution in [3.63, 3.8) is 0 Å². The number of aliphatic carboxylic acids is 1. The molecule has 8 amide bonds. The summed E-state index contributed by atoms with van der Waals surface area (Å²) in [5.41, 5.74) is 11.3. The largest absolute Gasteiger partial charge is 0.478 e. The maximum Gasteiger partial charge on any atom is 0.411 e. The number of amides is 8. The monoisotopic (exact) mass is 1010 g/mol. The molecular formula is C52H82N10O10. The molecule has 5 atom stereocenters. The van der Waals surface area contributed by atoms with Crippen molar-refractivity contribution in [2.75, 3.05) is 37.8 Å². The van der Waals surface area contributed by atoms with Gasteiger partial charge in [-0.25, -0.2) is 14.4 Å². The summed E-state index contributed by atoms with van der Waals surface area (Å²) >= 11 is 0. The average molecular weight is 1010 g/mol. The van der Waals surface area contributed by atoms with Crippen LogP contribution in [0.2, 0.25) is 0 Å². The molecule has 0 aliphatic carbocycles. The van der Waals surface area contributed by atoms with Crippen LogP contribution in [0.3, 0.4) is 0 Å². The van der Waals surface area contributed by atoms with E-state index in [1.54, 1.807) is 76.5 Å². The summed E-state index contributed by atoms with van der Waals surface area (Å²) in [4.78, 5) is 105. The van der Waals surface area contributed by atoms with E-state index in [9.17, 15) is 43.5 Å². The molecule has 2 aromatic carbocycles. The van der Waals surface area contributed by atoms with Gasteiger partial charge in [-0.2, -0.15) is 0 Å². The second kappa shape index (κ2) is 29.1. The fourth-order valence-corrected chi connectivity index (χ4v) is 7.94. The summed E-state index contributed by atoms with van der Waals surface area (Å²) in [5, 5.41) is 29.2. The summed E-state index contributed by atoms with van der Waals surface area (Å²) in [6.45, 7) is 18.7. The Bertz CT molecular complexity index is 2190. The van der Waals surface area contributed by atoms with Crippen LogP contribution >= 0.6 is 0 Å². The van der Waals surface area contributed by atoms with E-state index in [-0.39, 0.29) is 55.2 Å². The van der Waals surface area contributed by atoms with Gasteiger partial charge in [-0.15, -0.1) is 0 Å². The zero-order valence-corrected chi connectivity index (χ0v) is 44.3. The molecule has 0 aliphatic rings. The van der Waals surface area contributed by atoms with E-state index in [4.69, 9.17) is 16.2 Å². The highest BCUT2D eigenvalue weighted by Crippen LogP contribution is 2.31. The van der Waals surface area contributed by atoms with Gasteiger partial charge < -0.3 is 58.1 Å². The normalized spacial score (nSPS) is 14.0. The van der Waals surface area contributed by atoms with E-state index < -0.39 is 76.9 Å². The summed E-state index contributed by atoms with van der Waals surface area (Å²) in [6, 6.07) is 8.53. The highest BCUT2D eigenvalue weighted by molar-refractivity contribution is 5.98. The number of urea groups is 1. The number of benzene rings is 2. The lowest BCUT2D eigenvalue weighted by atomic mass is 9.76. The molecule has 0 radical (unpaired) electrons. The SMILES string of the molecule is CN[C@H](C(=O)N[C@H](C(=O)N(C)[C@H](/C=C(\C)C(=O)O)C(C)C)C(C)(C)C)C(C)(C)c1cccc(NC(=O)OCc2ccc(NC(=O)[C@H](CCCNC(N)=O)NC(=O)[C@@H](NC(=O)CCCCCN)C(C)C)cc2)c1. The number of hydrogen-bond donors (Lipinski definition) is 10. The number of unbranched alkanes of at least 4 members (excludes halogenated alkanes) is 2. The van der Waals surface area contributed by atoms with Crippen molar-refractivity contribution in [3.8, 4) is 0 Å². The van der Waals surface area contributed by atoms with Crippen molar-refractivity contribution >= 4 is 59.0 Å². The number of nitrogens with zero attached hydrogens (tertiary/aromatic N) is 1. The summed E-state index contributed by atoms with van der Waals surface area (Å²) in [6.07, 6.45) is 3.72.